The van der Waals surface area contributed by atoms with Crippen molar-refractivity contribution in [1.29, 1.82) is 0 Å². The van der Waals surface area contributed by atoms with E-state index in [1.165, 1.54) is 12.3 Å². The van der Waals surface area contributed by atoms with Crippen molar-refractivity contribution in [2.75, 3.05) is 17.2 Å². The predicted molar refractivity (Wildman–Crippen MR) is 123 cm³/mol. The molecule has 2 aromatic carbocycles. The van der Waals surface area contributed by atoms with Crippen molar-refractivity contribution < 1.29 is 14.7 Å². The summed E-state index contributed by atoms with van der Waals surface area (Å²) >= 11 is 11.9. The van der Waals surface area contributed by atoms with Gasteiger partial charge >= 0.3 is 0 Å². The smallest absolute Gasteiger partial charge is 0.258 e. The number of nitrogens with zero attached hydrogens (tertiary/aromatic N) is 1. The summed E-state index contributed by atoms with van der Waals surface area (Å²) in [6.45, 7) is 3.82. The maximum atomic E-state index is 12.8. The Morgan fingerprint density at radius 1 is 0.935 bits per heavy atom. The zero-order valence-electron chi connectivity index (χ0n) is 16.9. The SMILES string of the molecule is CC(C)(CO)c1ccc(C(=O)Nc2ccc(Cl)cc2C(=O)Nc2ccc(Cl)cn2)cc1. The Hall–Kier alpha value is -2.93. The van der Waals surface area contributed by atoms with Crippen molar-refractivity contribution in [3.63, 3.8) is 0 Å². The number of aliphatic hydroxyl groups is 1. The van der Waals surface area contributed by atoms with Gasteiger partial charge in [0.05, 0.1) is 22.9 Å². The Kier molecular flexibility index (Phi) is 6.95. The Bertz CT molecular complexity index is 1100. The van der Waals surface area contributed by atoms with E-state index in [0.717, 1.165) is 5.56 Å². The number of anilines is 2. The summed E-state index contributed by atoms with van der Waals surface area (Å²) in [5, 5.41) is 15.7. The van der Waals surface area contributed by atoms with E-state index in [-0.39, 0.29) is 18.1 Å². The van der Waals surface area contributed by atoms with Gasteiger partial charge in [-0.25, -0.2) is 4.98 Å². The number of nitrogens with one attached hydrogen (secondary N) is 2. The molecule has 2 amide bonds. The summed E-state index contributed by atoms with van der Waals surface area (Å²) in [7, 11) is 0. The summed E-state index contributed by atoms with van der Waals surface area (Å²) in [4.78, 5) is 29.5. The normalized spacial score (nSPS) is 11.1. The fourth-order valence-corrected chi connectivity index (χ4v) is 3.09. The largest absolute Gasteiger partial charge is 0.395 e. The van der Waals surface area contributed by atoms with Gasteiger partial charge in [-0.05, 0) is 48.0 Å². The quantitative estimate of drug-likeness (QED) is 0.476. The molecule has 3 aromatic rings. The number of rotatable bonds is 6. The molecule has 6 nitrogen and oxygen atoms in total. The summed E-state index contributed by atoms with van der Waals surface area (Å²) in [6, 6.07) is 14.7. The second kappa shape index (κ2) is 9.47. The minimum atomic E-state index is -0.479. The van der Waals surface area contributed by atoms with Crippen LogP contribution in [0.15, 0.2) is 60.8 Å². The third kappa shape index (κ3) is 5.61. The van der Waals surface area contributed by atoms with E-state index in [1.54, 1.807) is 48.5 Å². The maximum absolute atomic E-state index is 12.8. The molecule has 3 rings (SSSR count). The van der Waals surface area contributed by atoms with Crippen LogP contribution in [0.3, 0.4) is 0 Å². The first-order chi connectivity index (χ1) is 14.7. The Morgan fingerprint density at radius 3 is 2.23 bits per heavy atom. The molecule has 0 atom stereocenters. The van der Waals surface area contributed by atoms with Gasteiger partial charge in [0, 0.05) is 22.2 Å². The van der Waals surface area contributed by atoms with Gasteiger partial charge in [0.15, 0.2) is 0 Å². The van der Waals surface area contributed by atoms with Crippen LogP contribution in [-0.4, -0.2) is 28.5 Å². The number of hydrogen-bond acceptors (Lipinski definition) is 4. The first-order valence-corrected chi connectivity index (χ1v) is 10.2. The number of carbonyl (C=O) groups excluding carboxylic acids is 2. The minimum absolute atomic E-state index is 0.00966. The number of aliphatic hydroxyl groups excluding tert-OH is 1. The number of aromatic nitrogens is 1. The van der Waals surface area contributed by atoms with Gasteiger partial charge < -0.3 is 15.7 Å². The number of carbonyl (C=O) groups is 2. The van der Waals surface area contributed by atoms with Crippen LogP contribution in [0.5, 0.6) is 0 Å². The molecule has 1 aromatic heterocycles. The zero-order chi connectivity index (χ0) is 22.6. The predicted octanol–water partition coefficient (Wildman–Crippen LogP) is 5.16. The summed E-state index contributed by atoms with van der Waals surface area (Å²) in [5.41, 5.74) is 1.41. The average Bonchev–Trinajstić information content (AvgIpc) is 2.76. The molecular weight excluding hydrogens is 437 g/mol. The number of halogens is 2. The lowest BCUT2D eigenvalue weighted by Gasteiger charge is -2.22. The van der Waals surface area contributed by atoms with Crippen molar-refractivity contribution >= 4 is 46.5 Å². The van der Waals surface area contributed by atoms with Crippen LogP contribution >= 0.6 is 23.2 Å². The molecule has 0 aliphatic rings. The molecule has 160 valence electrons. The third-order valence-corrected chi connectivity index (χ3v) is 5.23. The van der Waals surface area contributed by atoms with Crippen LogP contribution in [0.4, 0.5) is 11.5 Å². The van der Waals surface area contributed by atoms with Crippen LogP contribution in [0.2, 0.25) is 10.0 Å². The van der Waals surface area contributed by atoms with Crippen LogP contribution in [-0.2, 0) is 5.41 Å². The van der Waals surface area contributed by atoms with Gasteiger partial charge in [0.1, 0.15) is 5.82 Å². The molecule has 0 aliphatic heterocycles. The van der Waals surface area contributed by atoms with E-state index < -0.39 is 11.3 Å². The van der Waals surface area contributed by atoms with Gasteiger partial charge in [-0.15, -0.1) is 0 Å². The molecule has 8 heteroatoms. The van der Waals surface area contributed by atoms with Crippen molar-refractivity contribution in [3.8, 4) is 0 Å². The van der Waals surface area contributed by atoms with Crippen molar-refractivity contribution in [2.24, 2.45) is 0 Å². The lowest BCUT2D eigenvalue weighted by atomic mass is 9.85. The lowest BCUT2D eigenvalue weighted by molar-refractivity contribution is 0.102. The highest BCUT2D eigenvalue weighted by Crippen LogP contribution is 2.25. The number of hydrogen-bond donors (Lipinski definition) is 3. The highest BCUT2D eigenvalue weighted by Gasteiger charge is 2.20. The zero-order valence-corrected chi connectivity index (χ0v) is 18.5. The molecule has 31 heavy (non-hydrogen) atoms. The molecular formula is C23H21Cl2N3O3. The Balaban J connectivity index is 1.80. The van der Waals surface area contributed by atoms with E-state index in [9.17, 15) is 14.7 Å². The van der Waals surface area contributed by atoms with Crippen molar-refractivity contribution in [1.82, 2.24) is 4.98 Å². The molecule has 0 saturated carbocycles. The molecule has 1 heterocycles. The molecule has 0 radical (unpaired) electrons. The molecule has 0 bridgehead atoms. The second-order valence-electron chi connectivity index (χ2n) is 7.58. The topological polar surface area (TPSA) is 91.3 Å². The summed E-state index contributed by atoms with van der Waals surface area (Å²) < 4.78 is 0. The molecule has 0 saturated heterocycles. The first-order valence-electron chi connectivity index (χ1n) is 9.45. The second-order valence-corrected chi connectivity index (χ2v) is 8.45. The lowest BCUT2D eigenvalue weighted by Crippen LogP contribution is -2.22. The van der Waals surface area contributed by atoms with Crippen molar-refractivity contribution in [3.05, 3.63) is 87.5 Å². The van der Waals surface area contributed by atoms with Gasteiger partial charge in [0.2, 0.25) is 0 Å². The Labute approximate surface area is 190 Å². The fraction of sp³-hybridized carbons (Fsp3) is 0.174. The number of amides is 2. The van der Waals surface area contributed by atoms with Crippen LogP contribution < -0.4 is 10.6 Å². The monoisotopic (exact) mass is 457 g/mol. The molecule has 3 N–H and O–H groups in total. The Morgan fingerprint density at radius 2 is 1.61 bits per heavy atom. The van der Waals surface area contributed by atoms with E-state index in [4.69, 9.17) is 23.2 Å². The average molecular weight is 458 g/mol. The molecule has 0 aliphatic carbocycles. The summed E-state index contributed by atoms with van der Waals surface area (Å²) in [5.74, 6) is -0.546. The molecule has 0 spiro atoms. The van der Waals surface area contributed by atoms with E-state index in [1.807, 2.05) is 13.8 Å². The number of benzene rings is 2. The third-order valence-electron chi connectivity index (χ3n) is 4.77. The number of pyridine rings is 1. The standard InChI is InChI=1S/C23H21Cl2N3O3/c1-23(2,13-29)15-5-3-14(4-6-15)21(30)27-19-9-7-16(24)11-18(19)22(31)28-20-10-8-17(25)12-26-20/h3-12,29H,13H2,1-2H3,(H,27,30)(H,26,28,31). The minimum Gasteiger partial charge on any atom is -0.395 e. The van der Waals surface area contributed by atoms with E-state index in [2.05, 4.69) is 15.6 Å². The van der Waals surface area contributed by atoms with Gasteiger partial charge in [-0.1, -0.05) is 49.2 Å². The molecule has 0 fully saturated rings. The van der Waals surface area contributed by atoms with Crippen molar-refractivity contribution in [2.45, 2.75) is 19.3 Å². The maximum Gasteiger partial charge on any atom is 0.258 e. The van der Waals surface area contributed by atoms with Gasteiger partial charge in [-0.3, -0.25) is 9.59 Å². The molecule has 0 unspecified atom stereocenters. The fourth-order valence-electron chi connectivity index (χ4n) is 2.81. The van der Waals surface area contributed by atoms with Gasteiger partial charge in [0.25, 0.3) is 11.8 Å². The van der Waals surface area contributed by atoms with Gasteiger partial charge in [-0.2, -0.15) is 0 Å². The van der Waals surface area contributed by atoms with E-state index in [0.29, 0.717) is 27.1 Å². The first kappa shape index (κ1) is 22.7. The summed E-state index contributed by atoms with van der Waals surface area (Å²) in [6.07, 6.45) is 1.42. The van der Waals surface area contributed by atoms with Crippen LogP contribution in [0.1, 0.15) is 40.1 Å². The van der Waals surface area contributed by atoms with E-state index >= 15 is 0 Å². The highest BCUT2D eigenvalue weighted by molar-refractivity contribution is 6.31. The highest BCUT2D eigenvalue weighted by atomic mass is 35.5. The van der Waals surface area contributed by atoms with Crippen LogP contribution in [0.25, 0.3) is 0 Å². The van der Waals surface area contributed by atoms with Crippen LogP contribution in [0, 0.1) is 0 Å².